The van der Waals surface area contributed by atoms with E-state index in [0.29, 0.717) is 11.6 Å². The Kier molecular flexibility index (Phi) is 5.79. The van der Waals surface area contributed by atoms with E-state index >= 15 is 0 Å². The molecule has 30 heavy (non-hydrogen) atoms. The Morgan fingerprint density at radius 1 is 0.833 bits per heavy atom. The van der Waals surface area contributed by atoms with Gasteiger partial charge in [0.15, 0.2) is 0 Å². The third kappa shape index (κ3) is 4.51. The van der Waals surface area contributed by atoms with Gasteiger partial charge >= 0.3 is 6.03 Å². The predicted molar refractivity (Wildman–Crippen MR) is 121 cm³/mol. The molecule has 1 saturated heterocycles. The number of rotatable bonds is 4. The van der Waals surface area contributed by atoms with E-state index in [9.17, 15) is 4.79 Å². The molecule has 1 aliphatic rings. The average Bonchev–Trinajstić information content (AvgIpc) is 2.78. The number of anilines is 4. The van der Waals surface area contributed by atoms with E-state index in [1.807, 2.05) is 38.1 Å². The topological polar surface area (TPSA) is 73.4 Å². The smallest absolute Gasteiger partial charge is 0.323 e. The molecule has 0 aliphatic carbocycles. The van der Waals surface area contributed by atoms with Crippen molar-refractivity contribution in [2.75, 3.05) is 46.6 Å². The van der Waals surface area contributed by atoms with Gasteiger partial charge in [-0.3, -0.25) is 0 Å². The van der Waals surface area contributed by atoms with Crippen LogP contribution < -0.4 is 20.4 Å². The standard InChI is InChI=1S/C23H26N6O/c1-17-7-6-10-21(18(17)2)27-23(30)26-19-15-24-22(25-16-19)29-13-11-28(12-14-29)20-8-4-3-5-9-20/h3-10,15-16H,11-14H2,1-2H3,(H2,26,27,30). The number of benzene rings is 2. The molecule has 154 valence electrons. The lowest BCUT2D eigenvalue weighted by molar-refractivity contribution is 0.262. The highest BCUT2D eigenvalue weighted by Gasteiger charge is 2.19. The molecule has 1 fully saturated rings. The number of piperazine rings is 1. The minimum atomic E-state index is -0.309. The van der Waals surface area contributed by atoms with E-state index in [2.05, 4.69) is 54.7 Å². The van der Waals surface area contributed by atoms with Gasteiger partial charge < -0.3 is 20.4 Å². The summed E-state index contributed by atoms with van der Waals surface area (Å²) in [4.78, 5) is 25.7. The number of amides is 2. The molecular weight excluding hydrogens is 376 g/mol. The van der Waals surface area contributed by atoms with Crippen LogP contribution in [0.5, 0.6) is 0 Å². The van der Waals surface area contributed by atoms with Gasteiger partial charge in [0.05, 0.1) is 18.1 Å². The first kappa shape index (κ1) is 19.7. The lowest BCUT2D eigenvalue weighted by Gasteiger charge is -2.36. The van der Waals surface area contributed by atoms with Gasteiger partial charge in [0, 0.05) is 37.6 Å². The Balaban J connectivity index is 1.32. The van der Waals surface area contributed by atoms with E-state index < -0.39 is 0 Å². The SMILES string of the molecule is Cc1cccc(NC(=O)Nc2cnc(N3CCN(c4ccccc4)CC3)nc2)c1C. The Labute approximate surface area is 176 Å². The molecule has 7 heteroatoms. The first-order chi connectivity index (χ1) is 14.6. The van der Waals surface area contributed by atoms with Gasteiger partial charge in [-0.2, -0.15) is 0 Å². The molecule has 2 N–H and O–H groups in total. The van der Waals surface area contributed by atoms with Crippen molar-refractivity contribution in [1.29, 1.82) is 0 Å². The first-order valence-electron chi connectivity index (χ1n) is 10.1. The van der Waals surface area contributed by atoms with Gasteiger partial charge in [0.2, 0.25) is 5.95 Å². The van der Waals surface area contributed by atoms with Crippen molar-refractivity contribution in [2.45, 2.75) is 13.8 Å². The van der Waals surface area contributed by atoms with Crippen molar-refractivity contribution in [1.82, 2.24) is 9.97 Å². The number of carbonyl (C=O) groups excluding carboxylic acids is 1. The van der Waals surface area contributed by atoms with Gasteiger partial charge in [-0.1, -0.05) is 30.3 Å². The second-order valence-electron chi connectivity index (χ2n) is 7.41. The third-order valence-electron chi connectivity index (χ3n) is 5.43. The van der Waals surface area contributed by atoms with Crippen molar-refractivity contribution >= 4 is 29.0 Å². The zero-order chi connectivity index (χ0) is 20.9. The average molecular weight is 403 g/mol. The van der Waals surface area contributed by atoms with E-state index in [0.717, 1.165) is 43.0 Å². The summed E-state index contributed by atoms with van der Waals surface area (Å²) in [5.74, 6) is 0.684. The molecule has 0 bridgehead atoms. The van der Waals surface area contributed by atoms with E-state index in [4.69, 9.17) is 0 Å². The molecule has 0 atom stereocenters. The van der Waals surface area contributed by atoms with Crippen molar-refractivity contribution in [3.63, 3.8) is 0 Å². The van der Waals surface area contributed by atoms with Crippen LogP contribution in [0.4, 0.5) is 27.8 Å². The lowest BCUT2D eigenvalue weighted by Crippen LogP contribution is -2.47. The molecule has 0 unspecified atom stereocenters. The molecule has 4 rings (SSSR count). The largest absolute Gasteiger partial charge is 0.368 e. The summed E-state index contributed by atoms with van der Waals surface area (Å²) in [6.07, 6.45) is 3.29. The zero-order valence-corrected chi connectivity index (χ0v) is 17.3. The zero-order valence-electron chi connectivity index (χ0n) is 17.3. The van der Waals surface area contributed by atoms with Crippen molar-refractivity contribution in [3.8, 4) is 0 Å². The van der Waals surface area contributed by atoms with Crippen LogP contribution in [-0.4, -0.2) is 42.2 Å². The maximum absolute atomic E-state index is 12.3. The van der Waals surface area contributed by atoms with E-state index in [-0.39, 0.29) is 6.03 Å². The van der Waals surface area contributed by atoms with E-state index in [1.54, 1.807) is 12.4 Å². The maximum atomic E-state index is 12.3. The maximum Gasteiger partial charge on any atom is 0.323 e. The van der Waals surface area contributed by atoms with Crippen LogP contribution >= 0.6 is 0 Å². The highest BCUT2D eigenvalue weighted by atomic mass is 16.2. The highest BCUT2D eigenvalue weighted by molar-refractivity contribution is 6.00. The van der Waals surface area contributed by atoms with Crippen molar-refractivity contribution in [2.24, 2.45) is 0 Å². The van der Waals surface area contributed by atoms with Gasteiger partial charge in [0.25, 0.3) is 0 Å². The lowest BCUT2D eigenvalue weighted by atomic mass is 10.1. The molecule has 0 radical (unpaired) electrons. The second-order valence-corrected chi connectivity index (χ2v) is 7.41. The van der Waals surface area contributed by atoms with Crippen LogP contribution in [0.25, 0.3) is 0 Å². The van der Waals surface area contributed by atoms with Crippen LogP contribution in [0.3, 0.4) is 0 Å². The molecule has 2 aromatic carbocycles. The summed E-state index contributed by atoms with van der Waals surface area (Å²) in [5, 5.41) is 5.67. The number of urea groups is 1. The Morgan fingerprint density at radius 2 is 1.50 bits per heavy atom. The fourth-order valence-corrected chi connectivity index (χ4v) is 3.52. The predicted octanol–water partition coefficient (Wildman–Crippen LogP) is 4.06. The minimum absolute atomic E-state index is 0.309. The quantitative estimate of drug-likeness (QED) is 0.688. The fraction of sp³-hybridized carbons (Fsp3) is 0.261. The Morgan fingerprint density at radius 3 is 2.20 bits per heavy atom. The molecular formula is C23H26N6O. The summed E-state index contributed by atoms with van der Waals surface area (Å²) in [6, 6.07) is 15.9. The molecule has 2 amide bonds. The minimum Gasteiger partial charge on any atom is -0.368 e. The number of hydrogen-bond donors (Lipinski definition) is 2. The number of aryl methyl sites for hydroxylation is 1. The fourth-order valence-electron chi connectivity index (χ4n) is 3.52. The van der Waals surface area contributed by atoms with Crippen molar-refractivity contribution < 1.29 is 4.79 Å². The second kappa shape index (κ2) is 8.82. The normalized spacial score (nSPS) is 13.8. The molecule has 3 aromatic rings. The summed E-state index contributed by atoms with van der Waals surface area (Å²) >= 11 is 0. The van der Waals surface area contributed by atoms with Crippen LogP contribution in [0.1, 0.15) is 11.1 Å². The molecule has 2 heterocycles. The molecule has 1 aromatic heterocycles. The summed E-state index contributed by atoms with van der Waals surface area (Å²) < 4.78 is 0. The van der Waals surface area contributed by atoms with Crippen LogP contribution in [0.15, 0.2) is 60.9 Å². The summed E-state index contributed by atoms with van der Waals surface area (Å²) in [6.45, 7) is 7.56. The molecule has 7 nitrogen and oxygen atoms in total. The molecule has 1 aliphatic heterocycles. The number of hydrogen-bond acceptors (Lipinski definition) is 5. The number of aromatic nitrogens is 2. The summed E-state index contributed by atoms with van der Waals surface area (Å²) in [7, 11) is 0. The number of carbonyl (C=O) groups is 1. The highest BCUT2D eigenvalue weighted by Crippen LogP contribution is 2.20. The van der Waals surface area contributed by atoms with E-state index in [1.165, 1.54) is 5.69 Å². The number of nitrogens with one attached hydrogen (secondary N) is 2. The number of para-hydroxylation sites is 1. The Hall–Kier alpha value is -3.61. The van der Waals surface area contributed by atoms with Gasteiger partial charge in [-0.05, 0) is 43.2 Å². The van der Waals surface area contributed by atoms with Crippen LogP contribution in [0, 0.1) is 13.8 Å². The van der Waals surface area contributed by atoms with Gasteiger partial charge in [-0.15, -0.1) is 0 Å². The summed E-state index contributed by atoms with van der Waals surface area (Å²) in [5.41, 5.74) is 4.78. The van der Waals surface area contributed by atoms with Crippen LogP contribution in [0.2, 0.25) is 0 Å². The number of nitrogens with zero attached hydrogens (tertiary/aromatic N) is 4. The van der Waals surface area contributed by atoms with Gasteiger partial charge in [-0.25, -0.2) is 14.8 Å². The van der Waals surface area contributed by atoms with Crippen molar-refractivity contribution in [3.05, 3.63) is 72.1 Å². The van der Waals surface area contributed by atoms with Gasteiger partial charge in [0.1, 0.15) is 0 Å². The monoisotopic (exact) mass is 402 g/mol. The van der Waals surface area contributed by atoms with Crippen LogP contribution in [-0.2, 0) is 0 Å². The Bertz CT molecular complexity index is 998. The third-order valence-corrected chi connectivity index (χ3v) is 5.43. The first-order valence-corrected chi connectivity index (χ1v) is 10.1. The molecule has 0 saturated carbocycles. The molecule has 0 spiro atoms.